The first-order chi connectivity index (χ1) is 11.9. The fourth-order valence-electron chi connectivity index (χ4n) is 3.12. The van der Waals surface area contributed by atoms with Gasteiger partial charge < -0.3 is 10.2 Å². The molecule has 0 bridgehead atoms. The third-order valence-corrected chi connectivity index (χ3v) is 4.24. The summed E-state index contributed by atoms with van der Waals surface area (Å²) in [6.45, 7) is 4.68. The van der Waals surface area contributed by atoms with Crippen molar-refractivity contribution in [3.8, 4) is 0 Å². The molecule has 2 aromatic rings. The van der Waals surface area contributed by atoms with Crippen LogP contribution in [0.3, 0.4) is 0 Å². The normalized spacial score (nSPS) is 17.2. The number of amides is 2. The predicted molar refractivity (Wildman–Crippen MR) is 90.1 cm³/mol. The Morgan fingerprint density at radius 3 is 2.84 bits per heavy atom. The van der Waals surface area contributed by atoms with E-state index in [2.05, 4.69) is 10.4 Å². The van der Waals surface area contributed by atoms with Crippen LogP contribution in [0.5, 0.6) is 0 Å². The minimum Gasteiger partial charge on any atom is -0.349 e. The number of likely N-dealkylation sites (tertiary alicyclic amines) is 1. The van der Waals surface area contributed by atoms with Gasteiger partial charge in [0.1, 0.15) is 12.4 Å². The van der Waals surface area contributed by atoms with Crippen molar-refractivity contribution in [3.05, 3.63) is 53.1 Å². The van der Waals surface area contributed by atoms with Crippen molar-refractivity contribution < 1.29 is 14.0 Å². The molecule has 1 saturated heterocycles. The monoisotopic (exact) mass is 344 g/mol. The molecule has 0 aliphatic carbocycles. The van der Waals surface area contributed by atoms with Crippen molar-refractivity contribution in [2.45, 2.75) is 39.4 Å². The van der Waals surface area contributed by atoms with Gasteiger partial charge in [0, 0.05) is 25.2 Å². The molecule has 2 amide bonds. The van der Waals surface area contributed by atoms with E-state index >= 15 is 0 Å². The number of aryl methyl sites for hydroxylation is 2. The summed E-state index contributed by atoms with van der Waals surface area (Å²) in [6, 6.07) is 7.88. The summed E-state index contributed by atoms with van der Waals surface area (Å²) >= 11 is 0. The summed E-state index contributed by atoms with van der Waals surface area (Å²) in [4.78, 5) is 26.0. The highest BCUT2D eigenvalue weighted by atomic mass is 19.1. The fourth-order valence-corrected chi connectivity index (χ4v) is 3.12. The number of nitrogens with zero attached hydrogens (tertiary/aromatic N) is 3. The van der Waals surface area contributed by atoms with E-state index in [1.54, 1.807) is 21.7 Å². The van der Waals surface area contributed by atoms with Gasteiger partial charge in [-0.05, 0) is 37.6 Å². The second-order valence-electron chi connectivity index (χ2n) is 6.46. The van der Waals surface area contributed by atoms with Crippen molar-refractivity contribution in [2.24, 2.45) is 0 Å². The summed E-state index contributed by atoms with van der Waals surface area (Å²) in [7, 11) is 0. The number of benzene rings is 1. The van der Waals surface area contributed by atoms with Crippen LogP contribution in [0.4, 0.5) is 4.39 Å². The number of aromatic nitrogens is 2. The maximum atomic E-state index is 13.3. The van der Waals surface area contributed by atoms with Gasteiger partial charge in [0.15, 0.2) is 0 Å². The Balaban J connectivity index is 1.55. The van der Waals surface area contributed by atoms with Crippen LogP contribution < -0.4 is 5.32 Å². The lowest BCUT2D eigenvalue weighted by molar-refractivity contribution is -0.128. The zero-order valence-corrected chi connectivity index (χ0v) is 14.3. The van der Waals surface area contributed by atoms with E-state index in [9.17, 15) is 14.0 Å². The number of halogens is 1. The van der Waals surface area contributed by atoms with Gasteiger partial charge in [-0.1, -0.05) is 12.1 Å². The molecule has 1 aromatic heterocycles. The van der Waals surface area contributed by atoms with E-state index < -0.39 is 0 Å². The van der Waals surface area contributed by atoms with E-state index in [-0.39, 0.29) is 36.6 Å². The lowest BCUT2D eigenvalue weighted by Crippen LogP contribution is -2.39. The van der Waals surface area contributed by atoms with Gasteiger partial charge in [-0.2, -0.15) is 5.10 Å². The lowest BCUT2D eigenvalue weighted by atomic mass is 10.2. The maximum Gasteiger partial charge on any atom is 0.242 e. The van der Waals surface area contributed by atoms with Crippen LogP contribution in [0.1, 0.15) is 23.4 Å². The van der Waals surface area contributed by atoms with Crippen LogP contribution in [0.25, 0.3) is 0 Å². The van der Waals surface area contributed by atoms with Crippen LogP contribution in [0.2, 0.25) is 0 Å². The maximum absolute atomic E-state index is 13.3. The molecule has 1 aliphatic heterocycles. The standard InChI is InChI=1S/C18H21FN4O2/c1-12-6-13(2)23(21-12)11-17(24)20-16-8-18(25)22(10-16)9-14-4-3-5-15(19)7-14/h3-7,16H,8-11H2,1-2H3,(H,20,24)/t16-/m0/s1. The van der Waals surface area contributed by atoms with E-state index in [1.165, 1.54) is 12.1 Å². The second-order valence-corrected chi connectivity index (χ2v) is 6.46. The van der Waals surface area contributed by atoms with Gasteiger partial charge in [0.2, 0.25) is 11.8 Å². The largest absolute Gasteiger partial charge is 0.349 e. The zero-order chi connectivity index (χ0) is 18.0. The highest BCUT2D eigenvalue weighted by molar-refractivity contribution is 5.82. The summed E-state index contributed by atoms with van der Waals surface area (Å²) < 4.78 is 14.9. The molecule has 0 saturated carbocycles. The van der Waals surface area contributed by atoms with Gasteiger partial charge in [-0.15, -0.1) is 0 Å². The third kappa shape index (κ3) is 4.23. The Bertz CT molecular complexity index is 802. The van der Waals surface area contributed by atoms with Gasteiger partial charge >= 0.3 is 0 Å². The zero-order valence-electron chi connectivity index (χ0n) is 14.3. The molecule has 7 heteroatoms. The second kappa shape index (κ2) is 7.04. The molecule has 6 nitrogen and oxygen atoms in total. The molecule has 1 aromatic carbocycles. The van der Waals surface area contributed by atoms with E-state index in [0.717, 1.165) is 17.0 Å². The van der Waals surface area contributed by atoms with Gasteiger partial charge in [-0.25, -0.2) is 4.39 Å². The summed E-state index contributed by atoms with van der Waals surface area (Å²) in [5.41, 5.74) is 2.52. The summed E-state index contributed by atoms with van der Waals surface area (Å²) in [6.07, 6.45) is 0.262. The first kappa shape index (κ1) is 17.1. The quantitative estimate of drug-likeness (QED) is 0.895. The number of hydrogen-bond donors (Lipinski definition) is 1. The Morgan fingerprint density at radius 1 is 1.36 bits per heavy atom. The minimum absolute atomic E-state index is 0.0410. The Hall–Kier alpha value is -2.70. The number of hydrogen-bond acceptors (Lipinski definition) is 3. The molecule has 0 spiro atoms. The molecule has 3 rings (SSSR count). The van der Waals surface area contributed by atoms with Crippen molar-refractivity contribution in [2.75, 3.05) is 6.54 Å². The molecule has 25 heavy (non-hydrogen) atoms. The van der Waals surface area contributed by atoms with Crippen LogP contribution in [-0.4, -0.2) is 39.1 Å². The van der Waals surface area contributed by atoms with Gasteiger partial charge in [0.25, 0.3) is 0 Å². The number of rotatable bonds is 5. The molecular weight excluding hydrogens is 323 g/mol. The van der Waals surface area contributed by atoms with E-state index in [1.807, 2.05) is 19.9 Å². The Labute approximate surface area is 145 Å². The Kier molecular flexibility index (Phi) is 4.83. The topological polar surface area (TPSA) is 67.2 Å². The fraction of sp³-hybridized carbons (Fsp3) is 0.389. The molecule has 0 unspecified atom stereocenters. The van der Waals surface area contributed by atoms with Crippen LogP contribution in [0, 0.1) is 19.7 Å². The summed E-state index contributed by atoms with van der Waals surface area (Å²) in [5, 5.41) is 7.15. The van der Waals surface area contributed by atoms with E-state index in [4.69, 9.17) is 0 Å². The van der Waals surface area contributed by atoms with Crippen LogP contribution in [0.15, 0.2) is 30.3 Å². The average molecular weight is 344 g/mol. The van der Waals surface area contributed by atoms with Gasteiger partial charge in [0.05, 0.1) is 11.7 Å². The van der Waals surface area contributed by atoms with E-state index in [0.29, 0.717) is 13.1 Å². The minimum atomic E-state index is -0.320. The highest BCUT2D eigenvalue weighted by Crippen LogP contribution is 2.16. The highest BCUT2D eigenvalue weighted by Gasteiger charge is 2.30. The lowest BCUT2D eigenvalue weighted by Gasteiger charge is -2.17. The number of carbonyl (C=O) groups excluding carboxylic acids is 2. The molecule has 0 radical (unpaired) electrons. The van der Waals surface area contributed by atoms with Gasteiger partial charge in [-0.3, -0.25) is 14.3 Å². The smallest absolute Gasteiger partial charge is 0.242 e. The Morgan fingerprint density at radius 2 is 2.16 bits per heavy atom. The molecule has 1 fully saturated rings. The predicted octanol–water partition coefficient (Wildman–Crippen LogP) is 1.56. The first-order valence-electron chi connectivity index (χ1n) is 8.23. The van der Waals surface area contributed by atoms with Crippen molar-refractivity contribution in [1.82, 2.24) is 20.0 Å². The molecule has 1 N–H and O–H groups in total. The number of nitrogens with one attached hydrogen (secondary N) is 1. The molecule has 132 valence electrons. The van der Waals surface area contributed by atoms with Crippen LogP contribution in [-0.2, 0) is 22.7 Å². The van der Waals surface area contributed by atoms with Crippen LogP contribution >= 0.6 is 0 Å². The molecular formula is C18H21FN4O2. The SMILES string of the molecule is Cc1cc(C)n(CC(=O)N[C@H]2CC(=O)N(Cc3cccc(F)c3)C2)n1. The average Bonchev–Trinajstić information content (AvgIpc) is 3.01. The molecule has 2 heterocycles. The third-order valence-electron chi connectivity index (χ3n) is 4.24. The molecule has 1 aliphatic rings. The summed E-state index contributed by atoms with van der Waals surface area (Å²) in [5.74, 6) is -0.531. The van der Waals surface area contributed by atoms with Crippen molar-refractivity contribution in [3.63, 3.8) is 0 Å². The first-order valence-corrected chi connectivity index (χ1v) is 8.23. The number of carbonyl (C=O) groups is 2. The molecule has 1 atom stereocenters. The van der Waals surface area contributed by atoms with Crippen molar-refractivity contribution in [1.29, 1.82) is 0 Å². The van der Waals surface area contributed by atoms with Crippen molar-refractivity contribution >= 4 is 11.8 Å².